The van der Waals surface area contributed by atoms with Crippen molar-refractivity contribution in [1.29, 1.82) is 0 Å². The average molecular weight is 360 g/mol. The Morgan fingerprint density at radius 3 is 2.26 bits per heavy atom. The molecule has 0 fully saturated rings. The highest BCUT2D eigenvalue weighted by Crippen LogP contribution is 2.22. The zero-order valence-electron chi connectivity index (χ0n) is 14.4. The molecule has 130 valence electrons. The van der Waals surface area contributed by atoms with Gasteiger partial charge in [0.1, 0.15) is 4.75 Å². The van der Waals surface area contributed by atoms with Crippen LogP contribution in [0.15, 0.2) is 29.2 Å². The average Bonchev–Trinajstić information content (AvgIpc) is 2.45. The number of ether oxygens (including phenoxy) is 1. The zero-order chi connectivity index (χ0) is 17.7. The second-order valence-electron chi connectivity index (χ2n) is 6.80. The van der Waals surface area contributed by atoms with Crippen LogP contribution in [-0.4, -0.2) is 33.6 Å². The molecule has 0 radical (unpaired) electrons. The summed E-state index contributed by atoms with van der Waals surface area (Å²) in [5.74, 6) is -0.235. The van der Waals surface area contributed by atoms with Gasteiger partial charge in [-0.1, -0.05) is 11.6 Å². The predicted octanol–water partition coefficient (Wildman–Crippen LogP) is 3.55. The maximum absolute atomic E-state index is 12.6. The molecule has 6 heteroatoms. The van der Waals surface area contributed by atoms with Gasteiger partial charge in [0.25, 0.3) is 0 Å². The van der Waals surface area contributed by atoms with Crippen molar-refractivity contribution in [3.63, 3.8) is 0 Å². The first kappa shape index (κ1) is 20.1. The maximum atomic E-state index is 12.6. The van der Waals surface area contributed by atoms with E-state index in [1.807, 2.05) is 20.8 Å². The van der Waals surface area contributed by atoms with Crippen molar-refractivity contribution in [2.75, 3.05) is 13.2 Å². The topological polar surface area (TPSA) is 55.4 Å². The van der Waals surface area contributed by atoms with Crippen molar-refractivity contribution in [3.8, 4) is 0 Å². The van der Waals surface area contributed by atoms with Crippen molar-refractivity contribution >= 4 is 28.3 Å². The minimum Gasteiger partial charge on any atom is -0.376 e. The normalized spacial score (nSPS) is 13.7. The van der Waals surface area contributed by atoms with Gasteiger partial charge in [-0.25, -0.2) is 0 Å². The van der Waals surface area contributed by atoms with E-state index in [2.05, 4.69) is 5.32 Å². The number of hydrogen-bond acceptors (Lipinski definition) is 3. The fraction of sp³-hybridized carbons (Fsp3) is 0.588. The second-order valence-corrected chi connectivity index (χ2v) is 9.27. The van der Waals surface area contributed by atoms with Crippen LogP contribution in [0.3, 0.4) is 0 Å². The van der Waals surface area contributed by atoms with Crippen LogP contribution in [0.25, 0.3) is 0 Å². The van der Waals surface area contributed by atoms with E-state index in [0.29, 0.717) is 29.5 Å². The first-order valence-electron chi connectivity index (χ1n) is 7.64. The fourth-order valence-corrected chi connectivity index (χ4v) is 3.14. The number of rotatable bonds is 7. The van der Waals surface area contributed by atoms with Gasteiger partial charge in [0.05, 0.1) is 16.4 Å². The minimum absolute atomic E-state index is 0.181. The highest BCUT2D eigenvalue weighted by Gasteiger charge is 2.35. The molecular weight excluding hydrogens is 334 g/mol. The third-order valence-electron chi connectivity index (χ3n) is 3.18. The van der Waals surface area contributed by atoms with Gasteiger partial charge in [-0.05, 0) is 65.3 Å². The molecule has 0 saturated carbocycles. The van der Waals surface area contributed by atoms with Crippen LogP contribution in [0.5, 0.6) is 0 Å². The van der Waals surface area contributed by atoms with Crippen molar-refractivity contribution in [2.45, 2.75) is 56.3 Å². The molecule has 23 heavy (non-hydrogen) atoms. The van der Waals surface area contributed by atoms with Gasteiger partial charge >= 0.3 is 0 Å². The van der Waals surface area contributed by atoms with E-state index in [1.54, 1.807) is 38.1 Å². The molecule has 0 aliphatic carbocycles. The largest absolute Gasteiger partial charge is 0.376 e. The Bertz CT molecular complexity index is 550. The molecular formula is C17H26ClNO3S. The fourth-order valence-electron chi connectivity index (χ4n) is 1.80. The van der Waals surface area contributed by atoms with Crippen LogP contribution in [0.4, 0.5) is 0 Å². The molecule has 0 saturated heterocycles. The number of amides is 1. The van der Waals surface area contributed by atoms with Crippen molar-refractivity contribution < 1.29 is 13.7 Å². The van der Waals surface area contributed by atoms with Crippen LogP contribution in [0.1, 0.15) is 41.0 Å². The molecule has 1 aromatic rings. The minimum atomic E-state index is -1.46. The van der Waals surface area contributed by atoms with Gasteiger partial charge in [0, 0.05) is 23.1 Å². The van der Waals surface area contributed by atoms with Crippen molar-refractivity contribution in [1.82, 2.24) is 5.32 Å². The lowest BCUT2D eigenvalue weighted by Gasteiger charge is -2.23. The molecule has 0 heterocycles. The Balaban J connectivity index is 2.53. The highest BCUT2D eigenvalue weighted by molar-refractivity contribution is 7.87. The van der Waals surface area contributed by atoms with Crippen LogP contribution < -0.4 is 5.32 Å². The summed E-state index contributed by atoms with van der Waals surface area (Å²) in [6, 6.07) is 6.72. The third-order valence-corrected chi connectivity index (χ3v) is 5.24. The number of halogens is 1. The molecule has 0 aromatic heterocycles. The zero-order valence-corrected chi connectivity index (χ0v) is 16.0. The Labute approximate surface area is 146 Å². The molecule has 1 aromatic carbocycles. The van der Waals surface area contributed by atoms with Crippen LogP contribution in [-0.2, 0) is 20.3 Å². The molecule has 0 spiro atoms. The van der Waals surface area contributed by atoms with E-state index in [-0.39, 0.29) is 11.5 Å². The van der Waals surface area contributed by atoms with E-state index in [4.69, 9.17) is 16.3 Å². The van der Waals surface area contributed by atoms with E-state index >= 15 is 0 Å². The maximum Gasteiger partial charge on any atom is 0.238 e. The number of nitrogens with one attached hydrogen (secondary N) is 1. The van der Waals surface area contributed by atoms with E-state index in [1.165, 1.54) is 0 Å². The second kappa shape index (κ2) is 8.27. The number of hydrogen-bond donors (Lipinski definition) is 1. The summed E-state index contributed by atoms with van der Waals surface area (Å²) < 4.78 is 17.2. The first-order valence-corrected chi connectivity index (χ1v) is 9.16. The monoisotopic (exact) mass is 359 g/mol. The summed E-state index contributed by atoms with van der Waals surface area (Å²) in [5.41, 5.74) is -0.181. The highest BCUT2D eigenvalue weighted by atomic mass is 35.5. The number of carbonyl (C=O) groups excluding carboxylic acids is 1. The molecule has 1 rings (SSSR count). The molecule has 0 aliphatic heterocycles. The first-order chi connectivity index (χ1) is 10.5. The van der Waals surface area contributed by atoms with Crippen molar-refractivity contribution in [3.05, 3.63) is 29.3 Å². The van der Waals surface area contributed by atoms with Crippen LogP contribution in [0.2, 0.25) is 5.02 Å². The lowest BCUT2D eigenvalue weighted by Crippen LogP contribution is -2.45. The molecule has 1 unspecified atom stereocenters. The van der Waals surface area contributed by atoms with E-state index < -0.39 is 15.5 Å². The smallest absolute Gasteiger partial charge is 0.238 e. The van der Waals surface area contributed by atoms with Crippen molar-refractivity contribution in [2.24, 2.45) is 0 Å². The lowest BCUT2D eigenvalue weighted by atomic mass is 10.2. The summed E-state index contributed by atoms with van der Waals surface area (Å²) in [6.45, 7) is 10.4. The van der Waals surface area contributed by atoms with E-state index in [9.17, 15) is 9.00 Å². The molecule has 0 aliphatic rings. The molecule has 0 bridgehead atoms. The SMILES string of the molecule is CC(C)(C)OCCCNC(=O)C(C)(C)S(=O)c1ccc(Cl)cc1. The van der Waals surface area contributed by atoms with Gasteiger partial charge in [0.15, 0.2) is 0 Å². The van der Waals surface area contributed by atoms with Gasteiger partial charge in [-0.3, -0.25) is 9.00 Å². The third kappa shape index (κ3) is 6.61. The Kier molecular flexibility index (Phi) is 7.24. The summed E-state index contributed by atoms with van der Waals surface area (Å²) in [6.07, 6.45) is 0.715. The number of carbonyl (C=O) groups is 1. The predicted molar refractivity (Wildman–Crippen MR) is 95.3 cm³/mol. The van der Waals surface area contributed by atoms with E-state index in [0.717, 1.165) is 0 Å². The summed E-state index contributed by atoms with van der Waals surface area (Å²) in [4.78, 5) is 12.9. The van der Waals surface area contributed by atoms with Gasteiger partial charge in [-0.15, -0.1) is 0 Å². The summed E-state index contributed by atoms with van der Waals surface area (Å²) >= 11 is 5.83. The van der Waals surface area contributed by atoms with Crippen LogP contribution >= 0.6 is 11.6 Å². The summed E-state index contributed by atoms with van der Waals surface area (Å²) in [5, 5.41) is 3.41. The Morgan fingerprint density at radius 1 is 1.17 bits per heavy atom. The standard InChI is InChI=1S/C17H26ClNO3S/c1-16(2,3)22-12-6-11-19-15(20)17(4,5)23(21)14-9-7-13(18)8-10-14/h7-10H,6,11-12H2,1-5H3,(H,19,20). The molecule has 1 amide bonds. The van der Waals surface area contributed by atoms with Gasteiger partial charge in [0.2, 0.25) is 5.91 Å². The van der Waals surface area contributed by atoms with Gasteiger partial charge in [-0.2, -0.15) is 0 Å². The number of benzene rings is 1. The summed E-state index contributed by atoms with van der Waals surface area (Å²) in [7, 11) is -1.46. The lowest BCUT2D eigenvalue weighted by molar-refractivity contribution is -0.122. The van der Waals surface area contributed by atoms with Gasteiger partial charge < -0.3 is 10.1 Å². The van der Waals surface area contributed by atoms with Crippen LogP contribution in [0, 0.1) is 0 Å². The Morgan fingerprint density at radius 2 is 1.74 bits per heavy atom. The molecule has 1 N–H and O–H groups in total. The quantitative estimate of drug-likeness (QED) is 0.757. The Hall–Kier alpha value is -0.910. The molecule has 1 atom stereocenters. The molecule has 4 nitrogen and oxygen atoms in total.